The Morgan fingerprint density at radius 3 is 2.65 bits per heavy atom. The molecule has 7 nitrogen and oxygen atoms in total. The number of rotatable bonds is 7. The van der Waals surface area contributed by atoms with Gasteiger partial charge in [0.2, 0.25) is 21.1 Å². The predicted octanol–water partition coefficient (Wildman–Crippen LogP) is 3.93. The number of thioether (sulfide) groups is 1. The third kappa shape index (κ3) is 5.15. The maximum atomic E-state index is 13.1. The molecule has 1 saturated heterocycles. The first-order chi connectivity index (χ1) is 14.9. The number of sulfonamides is 1. The maximum Gasteiger partial charge on any atom is 0.244 e. The van der Waals surface area contributed by atoms with Gasteiger partial charge in [-0.15, -0.1) is 10.2 Å². The highest BCUT2D eigenvalue weighted by atomic mass is 32.2. The van der Waals surface area contributed by atoms with E-state index in [-0.39, 0.29) is 10.8 Å². The summed E-state index contributed by atoms with van der Waals surface area (Å²) in [6.45, 7) is 2.22. The molecule has 1 unspecified atom stereocenters. The van der Waals surface area contributed by atoms with Gasteiger partial charge >= 0.3 is 0 Å². The highest BCUT2D eigenvalue weighted by Gasteiger charge is 2.39. The highest BCUT2D eigenvalue weighted by Crippen LogP contribution is 2.30. The minimum absolute atomic E-state index is 0.202. The van der Waals surface area contributed by atoms with E-state index in [4.69, 9.17) is 0 Å². The molecule has 0 spiro atoms. The lowest BCUT2D eigenvalue weighted by atomic mass is 10.2. The molecule has 1 atom stereocenters. The molecule has 1 aromatic heterocycles. The first-order valence-corrected chi connectivity index (χ1v) is 13.1. The van der Waals surface area contributed by atoms with Crippen molar-refractivity contribution in [2.75, 3.05) is 11.9 Å². The smallest absolute Gasteiger partial charge is 0.244 e. The summed E-state index contributed by atoms with van der Waals surface area (Å²) in [7, 11) is -3.74. The zero-order chi connectivity index (χ0) is 21.8. The van der Waals surface area contributed by atoms with E-state index in [1.165, 1.54) is 21.2 Å². The van der Waals surface area contributed by atoms with Gasteiger partial charge < -0.3 is 0 Å². The number of aromatic nitrogens is 2. The quantitative estimate of drug-likeness (QED) is 0.412. The van der Waals surface area contributed by atoms with Crippen molar-refractivity contribution in [3.8, 4) is 0 Å². The number of carbonyl (C=O) groups excluding carboxylic acids is 1. The first-order valence-electron chi connectivity index (χ1n) is 9.83. The number of benzene rings is 2. The summed E-state index contributed by atoms with van der Waals surface area (Å²) in [4.78, 5) is 13.1. The van der Waals surface area contributed by atoms with Crippen molar-refractivity contribution in [1.29, 1.82) is 0 Å². The largest absolute Gasteiger partial charge is 0.299 e. The molecule has 10 heteroatoms. The fraction of sp³-hybridized carbons (Fsp3) is 0.286. The molecule has 4 rings (SSSR count). The van der Waals surface area contributed by atoms with Gasteiger partial charge in [0.05, 0.1) is 4.90 Å². The zero-order valence-corrected chi connectivity index (χ0v) is 19.3. The lowest BCUT2D eigenvalue weighted by Crippen LogP contribution is -2.43. The van der Waals surface area contributed by atoms with Crippen LogP contribution in [-0.2, 0) is 20.6 Å². The van der Waals surface area contributed by atoms with Crippen molar-refractivity contribution in [2.24, 2.45) is 0 Å². The second kappa shape index (κ2) is 9.47. The van der Waals surface area contributed by atoms with Crippen LogP contribution in [0, 0.1) is 6.92 Å². The molecule has 3 aromatic rings. The first kappa shape index (κ1) is 21.9. The molecule has 2 aromatic carbocycles. The van der Waals surface area contributed by atoms with Crippen molar-refractivity contribution in [1.82, 2.24) is 14.5 Å². The van der Waals surface area contributed by atoms with E-state index in [9.17, 15) is 13.2 Å². The fourth-order valence-electron chi connectivity index (χ4n) is 3.36. The molecule has 1 fully saturated rings. The van der Waals surface area contributed by atoms with Crippen molar-refractivity contribution in [3.63, 3.8) is 0 Å². The van der Waals surface area contributed by atoms with Crippen LogP contribution in [0.25, 0.3) is 0 Å². The van der Waals surface area contributed by atoms with Gasteiger partial charge in [0.25, 0.3) is 0 Å². The molecular weight excluding hydrogens is 452 g/mol. The van der Waals surface area contributed by atoms with Gasteiger partial charge in [0.15, 0.2) is 4.34 Å². The molecule has 2 heterocycles. The summed E-state index contributed by atoms with van der Waals surface area (Å²) in [5.74, 6) is 0.387. The Balaban J connectivity index is 1.41. The average Bonchev–Trinajstić information content (AvgIpc) is 3.43. The third-order valence-electron chi connectivity index (χ3n) is 4.98. The lowest BCUT2D eigenvalue weighted by Gasteiger charge is -2.23. The van der Waals surface area contributed by atoms with Crippen LogP contribution >= 0.6 is 23.1 Å². The molecule has 0 saturated carbocycles. The SMILES string of the molecule is Cc1ccc(S(=O)(=O)N2CCCC2C(=O)Nc2nnc(SCc3ccccc3)s2)cc1. The predicted molar refractivity (Wildman–Crippen MR) is 123 cm³/mol. The molecule has 0 radical (unpaired) electrons. The Morgan fingerprint density at radius 1 is 1.16 bits per heavy atom. The summed E-state index contributed by atoms with van der Waals surface area (Å²) < 4.78 is 28.1. The van der Waals surface area contributed by atoms with Crippen molar-refractivity contribution >= 4 is 44.2 Å². The molecule has 162 valence electrons. The molecule has 1 aliphatic rings. The summed E-state index contributed by atoms with van der Waals surface area (Å²) in [5, 5.41) is 11.3. The van der Waals surface area contributed by atoms with E-state index in [0.29, 0.717) is 24.5 Å². The van der Waals surface area contributed by atoms with E-state index in [1.807, 2.05) is 37.3 Å². The Kier molecular flexibility index (Phi) is 6.71. The third-order valence-corrected chi connectivity index (χ3v) is 8.94. The Bertz CT molecular complexity index is 1150. The zero-order valence-electron chi connectivity index (χ0n) is 16.9. The second-order valence-electron chi connectivity index (χ2n) is 7.22. The number of hydrogen-bond donors (Lipinski definition) is 1. The Labute approximate surface area is 189 Å². The van der Waals surface area contributed by atoms with Crippen LogP contribution in [0.5, 0.6) is 0 Å². The van der Waals surface area contributed by atoms with Gasteiger partial charge in [-0.05, 0) is 37.5 Å². The van der Waals surface area contributed by atoms with Gasteiger partial charge in [-0.2, -0.15) is 4.31 Å². The average molecular weight is 475 g/mol. The summed E-state index contributed by atoms with van der Waals surface area (Å²) in [6, 6.07) is 16.0. The van der Waals surface area contributed by atoms with Crippen molar-refractivity contribution in [2.45, 2.75) is 40.8 Å². The van der Waals surface area contributed by atoms with E-state index in [0.717, 1.165) is 15.7 Å². The molecule has 0 bridgehead atoms. The molecular formula is C21H22N4O3S3. The number of nitrogens with one attached hydrogen (secondary N) is 1. The molecule has 0 aliphatic carbocycles. The van der Waals surface area contributed by atoms with Crippen LogP contribution < -0.4 is 5.32 Å². The second-order valence-corrected chi connectivity index (χ2v) is 11.3. The fourth-order valence-corrected chi connectivity index (χ4v) is 6.73. The minimum Gasteiger partial charge on any atom is -0.299 e. The number of carbonyl (C=O) groups is 1. The van der Waals surface area contributed by atoms with Crippen molar-refractivity contribution in [3.05, 3.63) is 65.7 Å². The number of nitrogens with zero attached hydrogens (tertiary/aromatic N) is 3. The van der Waals surface area contributed by atoms with Crippen LogP contribution in [-0.4, -0.2) is 41.4 Å². The summed E-state index contributed by atoms with van der Waals surface area (Å²) in [5.41, 5.74) is 2.16. The number of aryl methyl sites for hydroxylation is 1. The number of amides is 1. The Morgan fingerprint density at radius 2 is 1.90 bits per heavy atom. The number of hydrogen-bond acceptors (Lipinski definition) is 7. The summed E-state index contributed by atoms with van der Waals surface area (Å²) >= 11 is 2.83. The van der Waals surface area contributed by atoms with Gasteiger partial charge in [-0.25, -0.2) is 8.42 Å². The van der Waals surface area contributed by atoms with Gasteiger partial charge in [-0.3, -0.25) is 10.1 Å². The summed E-state index contributed by atoms with van der Waals surface area (Å²) in [6.07, 6.45) is 1.11. The van der Waals surface area contributed by atoms with Crippen LogP contribution in [0.1, 0.15) is 24.0 Å². The molecule has 31 heavy (non-hydrogen) atoms. The van der Waals surface area contributed by atoms with Gasteiger partial charge in [-0.1, -0.05) is 71.1 Å². The van der Waals surface area contributed by atoms with Gasteiger partial charge in [0, 0.05) is 12.3 Å². The van der Waals surface area contributed by atoms with E-state index in [2.05, 4.69) is 15.5 Å². The lowest BCUT2D eigenvalue weighted by molar-refractivity contribution is -0.119. The molecule has 1 amide bonds. The van der Waals surface area contributed by atoms with Crippen LogP contribution in [0.2, 0.25) is 0 Å². The van der Waals surface area contributed by atoms with E-state index in [1.54, 1.807) is 36.0 Å². The van der Waals surface area contributed by atoms with Crippen LogP contribution in [0.4, 0.5) is 5.13 Å². The Hall–Kier alpha value is -2.27. The standard InChI is InChI=1S/C21H22N4O3S3/c1-15-9-11-17(12-10-15)31(27,28)25-13-5-8-18(25)19(26)22-20-23-24-21(30-20)29-14-16-6-3-2-4-7-16/h2-4,6-7,9-12,18H,5,8,13-14H2,1H3,(H,22,23,26). The number of anilines is 1. The maximum absolute atomic E-state index is 13.1. The van der Waals surface area contributed by atoms with E-state index >= 15 is 0 Å². The normalized spacial score (nSPS) is 17.0. The van der Waals surface area contributed by atoms with Crippen LogP contribution in [0.3, 0.4) is 0 Å². The minimum atomic E-state index is -3.74. The molecule has 1 aliphatic heterocycles. The molecule has 1 N–H and O–H groups in total. The van der Waals surface area contributed by atoms with Gasteiger partial charge in [0.1, 0.15) is 6.04 Å². The van der Waals surface area contributed by atoms with Crippen LogP contribution in [0.15, 0.2) is 63.8 Å². The van der Waals surface area contributed by atoms with E-state index < -0.39 is 16.1 Å². The topological polar surface area (TPSA) is 92.3 Å². The highest BCUT2D eigenvalue weighted by molar-refractivity contribution is 8.00. The van der Waals surface area contributed by atoms with Crippen molar-refractivity contribution < 1.29 is 13.2 Å². The monoisotopic (exact) mass is 474 g/mol.